The second kappa shape index (κ2) is 12.9. The van der Waals surface area contributed by atoms with E-state index in [0.29, 0.717) is 0 Å². The first-order valence-corrected chi connectivity index (χ1v) is 19.1. The molecular weight excluding hydrogens is 681 g/mol. The lowest BCUT2D eigenvalue weighted by molar-refractivity contribution is 0.489. The van der Waals surface area contributed by atoms with Gasteiger partial charge in [-0.1, -0.05) is 152 Å². The van der Waals surface area contributed by atoms with Crippen LogP contribution in [0.1, 0.15) is 17.4 Å². The Morgan fingerprint density at radius 3 is 2.11 bits per heavy atom. The molecule has 0 saturated heterocycles. The van der Waals surface area contributed by atoms with E-state index in [1.54, 1.807) is 0 Å². The zero-order valence-electron chi connectivity index (χ0n) is 30.6. The first-order valence-electron chi connectivity index (χ1n) is 19.1. The van der Waals surface area contributed by atoms with Crippen LogP contribution in [0.25, 0.3) is 83.0 Å². The van der Waals surface area contributed by atoms with Crippen molar-refractivity contribution in [3.05, 3.63) is 216 Å². The summed E-state index contributed by atoms with van der Waals surface area (Å²) in [4.78, 5) is 5.32. The molecule has 1 unspecified atom stereocenters. The SMILES string of the molecule is C=C/C=C\c1cccc(-n2c3ccccc3c3c4ccccc4c(-c4ccc5c(c4)c4ccccc4n5C4N=c5ccccc5=C(c5ccccc5)N4)cc32)c1. The Labute approximate surface area is 323 Å². The molecule has 1 atom stereocenters. The van der Waals surface area contributed by atoms with Gasteiger partial charge in [-0.15, -0.1) is 0 Å². The lowest BCUT2D eigenvalue weighted by atomic mass is 9.94. The van der Waals surface area contributed by atoms with Gasteiger partial charge < -0.3 is 14.5 Å². The van der Waals surface area contributed by atoms with E-state index in [4.69, 9.17) is 4.99 Å². The van der Waals surface area contributed by atoms with Gasteiger partial charge in [0, 0.05) is 32.5 Å². The molecule has 0 spiro atoms. The van der Waals surface area contributed by atoms with Gasteiger partial charge in [-0.3, -0.25) is 0 Å². The largest absolute Gasteiger partial charge is 0.345 e. The fourth-order valence-corrected chi connectivity index (χ4v) is 8.86. The summed E-state index contributed by atoms with van der Waals surface area (Å²) >= 11 is 0. The highest BCUT2D eigenvalue weighted by Crippen LogP contribution is 2.43. The van der Waals surface area contributed by atoms with Crippen molar-refractivity contribution in [1.82, 2.24) is 14.5 Å². The van der Waals surface area contributed by atoms with Crippen LogP contribution in [0.3, 0.4) is 0 Å². The van der Waals surface area contributed by atoms with E-state index in [-0.39, 0.29) is 6.29 Å². The first kappa shape index (κ1) is 32.0. The minimum atomic E-state index is -0.335. The van der Waals surface area contributed by atoms with E-state index in [1.807, 2.05) is 12.2 Å². The molecule has 0 radical (unpaired) electrons. The fraction of sp³-hybridized carbons (Fsp3) is 0.0192. The molecule has 1 aliphatic heterocycles. The third-order valence-electron chi connectivity index (χ3n) is 11.3. The molecular formula is C52H36N4. The second-order valence-corrected chi connectivity index (χ2v) is 14.4. The highest BCUT2D eigenvalue weighted by molar-refractivity contribution is 6.24. The monoisotopic (exact) mass is 716 g/mol. The molecule has 56 heavy (non-hydrogen) atoms. The number of para-hydroxylation sites is 3. The molecule has 1 aliphatic rings. The molecule has 1 N–H and O–H groups in total. The summed E-state index contributed by atoms with van der Waals surface area (Å²) in [5.74, 6) is 0. The Kier molecular flexibility index (Phi) is 7.36. The van der Waals surface area contributed by atoms with Crippen LogP contribution in [0, 0.1) is 0 Å². The number of aromatic nitrogens is 2. The molecule has 8 aromatic carbocycles. The molecule has 11 rings (SSSR count). The number of fused-ring (bicyclic) bond motifs is 9. The molecule has 0 aliphatic carbocycles. The average Bonchev–Trinajstić information content (AvgIpc) is 3.78. The smallest absolute Gasteiger partial charge is 0.201 e. The van der Waals surface area contributed by atoms with Crippen LogP contribution in [0.4, 0.5) is 0 Å². The maximum Gasteiger partial charge on any atom is 0.201 e. The zero-order chi connectivity index (χ0) is 37.2. The molecule has 0 fully saturated rings. The van der Waals surface area contributed by atoms with Gasteiger partial charge in [0.2, 0.25) is 6.29 Å². The summed E-state index contributed by atoms with van der Waals surface area (Å²) in [5, 5.41) is 13.3. The van der Waals surface area contributed by atoms with Crippen LogP contribution < -0.4 is 15.9 Å². The summed E-state index contributed by atoms with van der Waals surface area (Å²) in [5.41, 5.74) is 11.5. The van der Waals surface area contributed by atoms with Gasteiger partial charge in [-0.05, 0) is 81.6 Å². The van der Waals surface area contributed by atoms with Gasteiger partial charge in [0.1, 0.15) is 0 Å². The summed E-state index contributed by atoms with van der Waals surface area (Å²) in [6, 6.07) is 63.5. The lowest BCUT2D eigenvalue weighted by Gasteiger charge is -2.25. The number of nitrogens with one attached hydrogen (secondary N) is 1. The standard InChI is InChI=1S/C52H36N4/c1-2-3-16-34-17-15-20-37(31-34)55-47-28-14-11-25-42(47)50-40-23-8-7-21-38(40)43(33-49(50)55)36-29-30-48-44(32-36)39-22-10-13-27-46(39)56(48)52-53-45-26-12-9-24-41(45)51(54-52)35-18-5-4-6-19-35/h2-33,52,54H,1H2/b16-3-. The number of nitrogens with zero attached hydrogens (tertiary/aromatic N) is 3. The van der Waals surface area contributed by atoms with Crippen molar-refractivity contribution in [1.29, 1.82) is 0 Å². The number of benzene rings is 8. The highest BCUT2D eigenvalue weighted by atomic mass is 15.3. The average molecular weight is 717 g/mol. The Balaban J connectivity index is 1.14. The van der Waals surface area contributed by atoms with E-state index in [0.717, 1.165) is 44.1 Å². The third-order valence-corrected chi connectivity index (χ3v) is 11.3. The van der Waals surface area contributed by atoms with Gasteiger partial charge in [0.05, 0.1) is 33.1 Å². The maximum absolute atomic E-state index is 5.32. The third kappa shape index (κ3) is 4.96. The number of allylic oxidation sites excluding steroid dienone is 2. The molecule has 3 heterocycles. The van der Waals surface area contributed by atoms with Crippen LogP contribution >= 0.6 is 0 Å². The van der Waals surface area contributed by atoms with Crippen molar-refractivity contribution in [3.8, 4) is 16.8 Å². The number of hydrogen-bond donors (Lipinski definition) is 1. The highest BCUT2D eigenvalue weighted by Gasteiger charge is 2.23. The minimum Gasteiger partial charge on any atom is -0.345 e. The minimum absolute atomic E-state index is 0.335. The van der Waals surface area contributed by atoms with Crippen molar-refractivity contribution in [2.45, 2.75) is 6.29 Å². The predicted molar refractivity (Wildman–Crippen MR) is 234 cm³/mol. The van der Waals surface area contributed by atoms with Crippen LogP contribution in [0.15, 0.2) is 200 Å². The quantitative estimate of drug-likeness (QED) is 0.171. The molecule has 0 bridgehead atoms. The summed E-state index contributed by atoms with van der Waals surface area (Å²) in [6.45, 7) is 3.88. The van der Waals surface area contributed by atoms with Crippen molar-refractivity contribution < 1.29 is 0 Å². The number of hydrogen-bond acceptors (Lipinski definition) is 2. The molecule has 0 amide bonds. The van der Waals surface area contributed by atoms with Crippen molar-refractivity contribution in [2.24, 2.45) is 4.99 Å². The van der Waals surface area contributed by atoms with Crippen molar-refractivity contribution >= 4 is 66.2 Å². The van der Waals surface area contributed by atoms with Crippen LogP contribution in [0.2, 0.25) is 0 Å². The molecule has 264 valence electrons. The van der Waals surface area contributed by atoms with Crippen LogP contribution in [-0.2, 0) is 0 Å². The van der Waals surface area contributed by atoms with E-state index < -0.39 is 0 Å². The summed E-state index contributed by atoms with van der Waals surface area (Å²) < 4.78 is 4.78. The zero-order valence-corrected chi connectivity index (χ0v) is 30.6. The Hall–Kier alpha value is -7.43. The predicted octanol–water partition coefficient (Wildman–Crippen LogP) is 11.4. The van der Waals surface area contributed by atoms with Gasteiger partial charge in [-0.2, -0.15) is 0 Å². The summed E-state index contributed by atoms with van der Waals surface area (Å²) in [7, 11) is 0. The molecule has 2 aromatic heterocycles. The maximum atomic E-state index is 5.32. The van der Waals surface area contributed by atoms with Gasteiger partial charge in [0.25, 0.3) is 0 Å². The molecule has 0 saturated carbocycles. The Morgan fingerprint density at radius 2 is 1.25 bits per heavy atom. The van der Waals surface area contributed by atoms with E-state index in [9.17, 15) is 0 Å². The van der Waals surface area contributed by atoms with Gasteiger partial charge in [-0.25, -0.2) is 4.99 Å². The molecule has 10 aromatic rings. The lowest BCUT2D eigenvalue weighted by Crippen LogP contribution is -2.41. The molecule has 4 heteroatoms. The molecule has 4 nitrogen and oxygen atoms in total. The van der Waals surface area contributed by atoms with E-state index >= 15 is 0 Å². The van der Waals surface area contributed by atoms with Gasteiger partial charge in [0.15, 0.2) is 0 Å². The Morgan fingerprint density at radius 1 is 0.536 bits per heavy atom. The van der Waals surface area contributed by atoms with Crippen LogP contribution in [0.5, 0.6) is 0 Å². The summed E-state index contributed by atoms with van der Waals surface area (Å²) in [6.07, 6.45) is 5.58. The van der Waals surface area contributed by atoms with Crippen molar-refractivity contribution in [2.75, 3.05) is 0 Å². The van der Waals surface area contributed by atoms with E-state index in [2.05, 4.69) is 203 Å². The second-order valence-electron chi connectivity index (χ2n) is 14.4. The van der Waals surface area contributed by atoms with E-state index in [1.165, 1.54) is 54.5 Å². The first-order chi connectivity index (χ1) is 27.7. The van der Waals surface area contributed by atoms with Crippen LogP contribution in [-0.4, -0.2) is 9.13 Å². The van der Waals surface area contributed by atoms with Gasteiger partial charge >= 0.3 is 0 Å². The topological polar surface area (TPSA) is 34.2 Å². The number of rotatable bonds is 6. The fourth-order valence-electron chi connectivity index (χ4n) is 8.86. The van der Waals surface area contributed by atoms with Crippen molar-refractivity contribution in [3.63, 3.8) is 0 Å². The normalized spacial score (nSPS) is 14.1. The Bertz CT molecular complexity index is 3360.